The quantitative estimate of drug-likeness (QED) is 0.139. The average molecular weight is 969 g/mol. The number of hydrogen-bond donors (Lipinski definition) is 2. The van der Waals surface area contributed by atoms with Gasteiger partial charge in [-0.2, -0.15) is 0 Å². The summed E-state index contributed by atoms with van der Waals surface area (Å²) in [6, 6.07) is 14.0. The number of benzene rings is 2. The van der Waals surface area contributed by atoms with E-state index in [2.05, 4.69) is 83.2 Å². The topological polar surface area (TPSA) is 159 Å². The van der Waals surface area contributed by atoms with Gasteiger partial charge in [0.2, 0.25) is 11.8 Å². The summed E-state index contributed by atoms with van der Waals surface area (Å²) in [6.07, 6.45) is 9.20. The molecule has 4 aliphatic rings. The molecule has 1 aliphatic carbocycles. The summed E-state index contributed by atoms with van der Waals surface area (Å²) < 4.78 is 14.4. The molecule has 15 heteroatoms. The third-order valence-electron chi connectivity index (χ3n) is 15.0. The Morgan fingerprint density at radius 1 is 1.00 bits per heavy atom. The normalized spacial score (nSPS) is 21.6. The Hall–Kier alpha value is -6.08. The van der Waals surface area contributed by atoms with Crippen LogP contribution in [0.25, 0.3) is 33.3 Å². The Morgan fingerprint density at radius 2 is 1.77 bits per heavy atom. The molecule has 0 radical (unpaired) electrons. The van der Waals surface area contributed by atoms with E-state index >= 15 is 0 Å². The van der Waals surface area contributed by atoms with Crippen LogP contribution < -0.4 is 10.7 Å². The highest BCUT2D eigenvalue weighted by molar-refractivity contribution is 5.97. The van der Waals surface area contributed by atoms with E-state index in [1.165, 1.54) is 5.01 Å². The molecule has 3 aliphatic heterocycles. The van der Waals surface area contributed by atoms with E-state index in [1.54, 1.807) is 30.2 Å². The molecule has 5 atom stereocenters. The minimum atomic E-state index is -1.04. The lowest BCUT2D eigenvalue weighted by Gasteiger charge is -2.37. The van der Waals surface area contributed by atoms with Crippen LogP contribution in [0.3, 0.4) is 0 Å². The summed E-state index contributed by atoms with van der Waals surface area (Å²) in [5.74, 6) is 3.28. The van der Waals surface area contributed by atoms with Crippen LogP contribution in [0.1, 0.15) is 95.4 Å². The van der Waals surface area contributed by atoms with Crippen LogP contribution in [-0.4, -0.2) is 138 Å². The number of ether oxygens (including phenoxy) is 2. The van der Waals surface area contributed by atoms with Gasteiger partial charge in [0.25, 0.3) is 11.8 Å². The number of methoxy groups -OCH3 is 1. The number of likely N-dealkylation sites (N-methyl/N-ethyl adjacent to an activating group) is 1. The van der Waals surface area contributed by atoms with Crippen molar-refractivity contribution < 1.29 is 33.4 Å². The number of hydrazine groups is 1. The van der Waals surface area contributed by atoms with Crippen LogP contribution >= 0.6 is 0 Å². The highest BCUT2D eigenvalue weighted by Crippen LogP contribution is 2.42. The maximum atomic E-state index is 15.0. The Labute approximate surface area is 418 Å². The summed E-state index contributed by atoms with van der Waals surface area (Å²) in [6.45, 7) is 10.7. The minimum Gasteiger partial charge on any atom is -0.464 e. The van der Waals surface area contributed by atoms with E-state index in [1.807, 2.05) is 50.3 Å². The molecule has 2 saturated heterocycles. The number of amides is 4. The number of carbonyl (C=O) groups is 5. The Morgan fingerprint density at radius 3 is 2.52 bits per heavy atom. The average Bonchev–Trinajstić information content (AvgIpc) is 4.15. The van der Waals surface area contributed by atoms with Crippen LogP contribution in [0.5, 0.6) is 0 Å². The van der Waals surface area contributed by atoms with Gasteiger partial charge < -0.3 is 29.2 Å². The third kappa shape index (κ3) is 11.4. The lowest BCUT2D eigenvalue weighted by Crippen LogP contribution is -2.62. The fourth-order valence-corrected chi connectivity index (χ4v) is 11.2. The van der Waals surface area contributed by atoms with Gasteiger partial charge in [0.1, 0.15) is 18.1 Å². The predicted octanol–water partition coefficient (Wildman–Crippen LogP) is 6.18. The van der Waals surface area contributed by atoms with Gasteiger partial charge in [-0.15, -0.1) is 0 Å². The van der Waals surface area contributed by atoms with Gasteiger partial charge in [-0.1, -0.05) is 62.9 Å². The first-order chi connectivity index (χ1) is 34.1. The second-order valence-corrected chi connectivity index (χ2v) is 21.1. The molecule has 2 N–H and O–H groups in total. The highest BCUT2D eigenvalue weighted by atomic mass is 16.5. The van der Waals surface area contributed by atoms with Gasteiger partial charge >= 0.3 is 5.97 Å². The predicted molar refractivity (Wildman–Crippen MR) is 273 cm³/mol. The van der Waals surface area contributed by atoms with Crippen molar-refractivity contribution in [2.45, 2.75) is 116 Å². The summed E-state index contributed by atoms with van der Waals surface area (Å²) in [7, 11) is 7.16. The molecule has 0 spiro atoms. The number of pyridine rings is 1. The molecule has 4 amide bonds. The highest BCUT2D eigenvalue weighted by Gasteiger charge is 2.42. The van der Waals surface area contributed by atoms with Gasteiger partial charge in [0, 0.05) is 81.0 Å². The second kappa shape index (κ2) is 22.1. The molecule has 378 valence electrons. The molecular weight excluding hydrogens is 897 g/mol. The van der Waals surface area contributed by atoms with E-state index in [9.17, 15) is 24.0 Å². The van der Waals surface area contributed by atoms with Crippen molar-refractivity contribution in [3.05, 3.63) is 77.6 Å². The van der Waals surface area contributed by atoms with E-state index < -0.39 is 41.3 Å². The number of carbonyl (C=O) groups excluding carboxylic acids is 5. The maximum Gasteiger partial charge on any atom is 0.324 e. The van der Waals surface area contributed by atoms with Crippen LogP contribution in [-0.2, 0) is 52.8 Å². The number of esters is 1. The van der Waals surface area contributed by atoms with Crippen molar-refractivity contribution in [2.75, 3.05) is 61.0 Å². The van der Waals surface area contributed by atoms with Crippen LogP contribution in [0.4, 0.5) is 0 Å². The SMILES string of the molecule is CCn1c(-c2cnccc2[C@H](C)OC)c2c3cc(ccc31)-c1cccc(c1)C[C@H](NC(=O)[C@H](C1CCCC1)N(C)C(=O)[C@H]1CCN(C(=O)C#CCN(C)C)C1)C(=O)N1CCC[C@H](N1)C(=O)OCC(C)(C)C2. The number of cyclic esters (lactones) is 1. The van der Waals surface area contributed by atoms with Gasteiger partial charge in [-0.05, 0) is 124 Å². The largest absolute Gasteiger partial charge is 0.464 e. The Bertz CT molecular complexity index is 2700. The third-order valence-corrected chi connectivity index (χ3v) is 15.0. The van der Waals surface area contributed by atoms with Gasteiger partial charge in [-0.25, -0.2) is 5.43 Å². The molecule has 0 unspecified atom stereocenters. The molecule has 6 bridgehead atoms. The number of aromatic nitrogens is 2. The number of hydrogen-bond acceptors (Lipinski definition) is 10. The van der Waals surface area contributed by atoms with Gasteiger partial charge in [-0.3, -0.25) is 38.9 Å². The fraction of sp³-hybridized carbons (Fsp3) is 0.536. The van der Waals surface area contributed by atoms with Crippen molar-refractivity contribution in [1.29, 1.82) is 0 Å². The van der Waals surface area contributed by atoms with Crippen LogP contribution in [0.2, 0.25) is 0 Å². The molecule has 3 fully saturated rings. The standard InChI is InChI=1S/C56H72N8O7/c1-9-63-48-22-21-40-31-43(48)44(51(63)45-33-57-25-23-42(45)36(2)70-8)32-56(3,4)35-71-55(69)46-19-13-27-64(59-46)54(68)47(30-37-15-12-18-39(40)29-37)58-52(66)50(38-16-10-11-17-38)61(7)53(67)41-24-28-62(34-41)49(65)20-14-26-60(5)6/h12,15,18,21-23,25,29,31,33,36,38,41,46-47,50,59H,9-11,13,16-17,19,24,26-28,30,32,34-35H2,1-8H3,(H,58,66)/t36-,41-,46-,47-,50-/m0/s1. The number of nitrogens with zero attached hydrogens (tertiary/aromatic N) is 6. The number of rotatable bonds is 10. The van der Waals surface area contributed by atoms with E-state index in [0.29, 0.717) is 51.9 Å². The molecule has 15 nitrogen and oxygen atoms in total. The van der Waals surface area contributed by atoms with E-state index in [0.717, 1.165) is 75.7 Å². The molecule has 71 heavy (non-hydrogen) atoms. The summed E-state index contributed by atoms with van der Waals surface area (Å²) in [5, 5.41) is 5.72. The first-order valence-corrected chi connectivity index (χ1v) is 25.5. The monoisotopic (exact) mass is 969 g/mol. The summed E-state index contributed by atoms with van der Waals surface area (Å²) >= 11 is 0. The summed E-state index contributed by atoms with van der Waals surface area (Å²) in [4.78, 5) is 80.9. The van der Waals surface area contributed by atoms with Crippen molar-refractivity contribution >= 4 is 40.5 Å². The maximum absolute atomic E-state index is 15.0. The number of fused-ring (bicyclic) bond motifs is 6. The molecule has 1 saturated carbocycles. The minimum absolute atomic E-state index is 0.106. The van der Waals surface area contributed by atoms with E-state index in [4.69, 9.17) is 9.47 Å². The first-order valence-electron chi connectivity index (χ1n) is 25.5. The van der Waals surface area contributed by atoms with Crippen LogP contribution in [0.15, 0.2) is 60.9 Å². The molecule has 2 aromatic carbocycles. The Kier molecular flexibility index (Phi) is 16.0. The van der Waals surface area contributed by atoms with Crippen LogP contribution in [0, 0.1) is 29.1 Å². The van der Waals surface area contributed by atoms with Gasteiger partial charge in [0.15, 0.2) is 0 Å². The van der Waals surface area contributed by atoms with Crippen molar-refractivity contribution in [3.63, 3.8) is 0 Å². The first kappa shape index (κ1) is 51.3. The fourth-order valence-electron chi connectivity index (χ4n) is 11.2. The smallest absolute Gasteiger partial charge is 0.324 e. The summed E-state index contributed by atoms with van der Waals surface area (Å²) in [5.41, 5.74) is 10.7. The van der Waals surface area contributed by atoms with Crippen molar-refractivity contribution in [2.24, 2.45) is 17.3 Å². The Balaban J connectivity index is 1.15. The second-order valence-electron chi connectivity index (χ2n) is 21.1. The number of likely N-dealkylation sites (tertiary alicyclic amines) is 1. The zero-order valence-electron chi connectivity index (χ0n) is 42.9. The zero-order chi connectivity index (χ0) is 50.6. The van der Waals surface area contributed by atoms with E-state index in [-0.39, 0.29) is 49.3 Å². The van der Waals surface area contributed by atoms with Gasteiger partial charge in [0.05, 0.1) is 30.9 Å². The van der Waals surface area contributed by atoms with Crippen molar-refractivity contribution in [1.82, 2.24) is 40.0 Å². The lowest BCUT2D eigenvalue weighted by atomic mass is 9.84. The molecule has 5 heterocycles. The van der Waals surface area contributed by atoms with Crippen molar-refractivity contribution in [3.8, 4) is 34.2 Å². The zero-order valence-corrected chi connectivity index (χ0v) is 42.9. The number of aryl methyl sites for hydroxylation is 1. The lowest BCUT2D eigenvalue weighted by molar-refractivity contribution is -0.155. The molecule has 4 aromatic rings. The molecular formula is C56H72N8O7. The molecule has 8 rings (SSSR count). The molecule has 2 aromatic heterocycles. The number of nitrogens with one attached hydrogen (secondary N) is 2.